The first-order chi connectivity index (χ1) is 16.0. The summed E-state index contributed by atoms with van der Waals surface area (Å²) >= 11 is 1.85. The van der Waals surface area contributed by atoms with E-state index >= 15 is 0 Å². The molecule has 1 unspecified atom stereocenters. The highest BCUT2D eigenvalue weighted by molar-refractivity contribution is 8.00. The number of hydrogen-bond acceptors (Lipinski definition) is 4. The van der Waals surface area contributed by atoms with Gasteiger partial charge < -0.3 is 15.7 Å². The van der Waals surface area contributed by atoms with Crippen LogP contribution in [0.2, 0.25) is 0 Å². The third-order valence-electron chi connectivity index (χ3n) is 5.80. The molecule has 0 aliphatic heterocycles. The van der Waals surface area contributed by atoms with E-state index in [9.17, 15) is 5.11 Å². The molecule has 34 heavy (non-hydrogen) atoms. The molecule has 1 atom stereocenters. The minimum absolute atomic E-state index is 0.129. The summed E-state index contributed by atoms with van der Waals surface area (Å²) in [6.45, 7) is 15.2. The first kappa shape index (κ1) is 26.0. The Morgan fingerprint density at radius 2 is 1.26 bits per heavy atom. The number of anilines is 3. The van der Waals surface area contributed by atoms with E-state index in [0.29, 0.717) is 5.75 Å². The zero-order valence-corrected chi connectivity index (χ0v) is 22.5. The molecule has 3 aromatic carbocycles. The lowest BCUT2D eigenvalue weighted by atomic mass is 9.79. The Hall–Kier alpha value is -2.59. The molecule has 0 aromatic heterocycles. The number of nitrogens with one attached hydrogen (secondary N) is 2. The van der Waals surface area contributed by atoms with E-state index in [2.05, 4.69) is 108 Å². The molecule has 3 rings (SSSR count). The van der Waals surface area contributed by atoms with Crippen LogP contribution in [0.4, 0.5) is 17.1 Å². The predicted octanol–water partition coefficient (Wildman–Crippen LogP) is 9.06. The van der Waals surface area contributed by atoms with Crippen LogP contribution < -0.4 is 10.6 Å². The number of phenolic OH excluding ortho intramolecular Hbond substituents is 1. The maximum Gasteiger partial charge on any atom is 0.123 e. The number of aromatic hydroxyl groups is 1. The maximum atomic E-state index is 11.1. The number of phenols is 1. The van der Waals surface area contributed by atoms with E-state index in [1.54, 1.807) is 0 Å². The van der Waals surface area contributed by atoms with Crippen molar-refractivity contribution in [2.24, 2.45) is 0 Å². The Labute approximate surface area is 210 Å². The third kappa shape index (κ3) is 6.96. The minimum atomic E-state index is -0.129. The van der Waals surface area contributed by atoms with Crippen LogP contribution in [0.5, 0.6) is 5.75 Å². The fraction of sp³-hybridized carbons (Fsp3) is 0.400. The van der Waals surface area contributed by atoms with Crippen molar-refractivity contribution in [3.8, 4) is 5.75 Å². The van der Waals surface area contributed by atoms with Gasteiger partial charge in [-0.25, -0.2) is 0 Å². The Morgan fingerprint density at radius 3 is 1.76 bits per heavy atom. The molecule has 4 heteroatoms. The summed E-state index contributed by atoms with van der Waals surface area (Å²) in [5, 5.41) is 18.5. The molecule has 0 amide bonds. The number of rotatable bonds is 8. The smallest absolute Gasteiger partial charge is 0.123 e. The summed E-state index contributed by atoms with van der Waals surface area (Å²) < 4.78 is 0. The van der Waals surface area contributed by atoms with Gasteiger partial charge in [0.25, 0.3) is 0 Å². The molecule has 0 saturated heterocycles. The summed E-state index contributed by atoms with van der Waals surface area (Å²) in [6, 6.07) is 23.0. The van der Waals surface area contributed by atoms with E-state index in [-0.39, 0.29) is 16.2 Å². The minimum Gasteiger partial charge on any atom is -0.507 e. The van der Waals surface area contributed by atoms with E-state index < -0.39 is 0 Å². The molecule has 0 saturated carbocycles. The fourth-order valence-corrected chi connectivity index (χ4v) is 5.18. The summed E-state index contributed by atoms with van der Waals surface area (Å²) in [7, 11) is 0. The van der Waals surface area contributed by atoms with Gasteiger partial charge in [0.15, 0.2) is 0 Å². The molecule has 0 spiro atoms. The summed E-state index contributed by atoms with van der Waals surface area (Å²) in [4.78, 5) is 1.20. The Balaban J connectivity index is 1.81. The van der Waals surface area contributed by atoms with Gasteiger partial charge >= 0.3 is 0 Å². The molecule has 0 fully saturated rings. The Kier molecular flexibility index (Phi) is 8.25. The first-order valence-corrected chi connectivity index (χ1v) is 13.1. The van der Waals surface area contributed by atoms with E-state index in [4.69, 9.17) is 0 Å². The van der Waals surface area contributed by atoms with Crippen molar-refractivity contribution in [3.63, 3.8) is 0 Å². The van der Waals surface area contributed by atoms with E-state index in [1.165, 1.54) is 4.90 Å². The molecule has 3 N–H and O–H groups in total. The predicted molar refractivity (Wildman–Crippen MR) is 150 cm³/mol. The average molecular weight is 477 g/mol. The monoisotopic (exact) mass is 476 g/mol. The van der Waals surface area contributed by atoms with Crippen molar-refractivity contribution in [3.05, 3.63) is 77.9 Å². The van der Waals surface area contributed by atoms with Crippen LogP contribution in [0, 0.1) is 0 Å². The number of para-hydroxylation sites is 1. The number of hydrogen-bond donors (Lipinski definition) is 3. The highest BCUT2D eigenvalue weighted by atomic mass is 32.2. The lowest BCUT2D eigenvalue weighted by Gasteiger charge is -2.29. The van der Waals surface area contributed by atoms with Crippen molar-refractivity contribution < 1.29 is 5.11 Å². The largest absolute Gasteiger partial charge is 0.507 e. The normalized spacial score (nSPS) is 12.9. The van der Waals surface area contributed by atoms with Crippen molar-refractivity contribution in [2.45, 2.75) is 82.4 Å². The fourth-order valence-electron chi connectivity index (χ4n) is 3.93. The standard InChI is InChI=1S/C30H40N2OS/c1-8-12-27(32-23-17-15-22(16-18-23)31-21-13-10-9-11-14-21)34-24-19-25(29(2,3)4)28(33)26(20-24)30(5,6)7/h9-11,13-20,27,31-33H,8,12H2,1-7H3. The number of thioether (sulfide) groups is 1. The molecule has 3 nitrogen and oxygen atoms in total. The second-order valence-electron chi connectivity index (χ2n) is 11.0. The highest BCUT2D eigenvalue weighted by Gasteiger charge is 2.27. The molecule has 182 valence electrons. The third-order valence-corrected chi connectivity index (χ3v) is 6.95. The summed E-state index contributed by atoms with van der Waals surface area (Å²) in [5.74, 6) is 0.436. The van der Waals surface area contributed by atoms with Crippen molar-refractivity contribution >= 4 is 28.8 Å². The van der Waals surface area contributed by atoms with Crippen LogP contribution >= 0.6 is 11.8 Å². The summed E-state index contributed by atoms with van der Waals surface area (Å²) in [5.41, 5.74) is 5.02. The van der Waals surface area contributed by atoms with Crippen LogP contribution in [-0.4, -0.2) is 10.5 Å². The molecule has 0 aliphatic carbocycles. The van der Waals surface area contributed by atoms with Gasteiger partial charge in [0.2, 0.25) is 0 Å². The van der Waals surface area contributed by atoms with Gasteiger partial charge in [0.1, 0.15) is 5.75 Å². The maximum absolute atomic E-state index is 11.1. The van der Waals surface area contributed by atoms with Gasteiger partial charge in [0, 0.05) is 33.1 Å². The van der Waals surface area contributed by atoms with Crippen molar-refractivity contribution in [1.82, 2.24) is 0 Å². The zero-order chi connectivity index (χ0) is 24.9. The lowest BCUT2D eigenvalue weighted by molar-refractivity contribution is 0.422. The molecule has 0 bridgehead atoms. The van der Waals surface area contributed by atoms with Gasteiger partial charge in [-0.1, -0.05) is 73.1 Å². The van der Waals surface area contributed by atoms with Gasteiger partial charge in [-0.15, -0.1) is 11.8 Å². The van der Waals surface area contributed by atoms with E-state index in [1.807, 2.05) is 30.0 Å². The molecular formula is C30H40N2OS. The quantitative estimate of drug-likeness (QED) is 0.224. The van der Waals surface area contributed by atoms with Gasteiger partial charge in [-0.3, -0.25) is 0 Å². The molecular weight excluding hydrogens is 436 g/mol. The first-order valence-electron chi connectivity index (χ1n) is 12.2. The van der Waals surface area contributed by atoms with Crippen LogP contribution in [-0.2, 0) is 10.8 Å². The van der Waals surface area contributed by atoms with Crippen molar-refractivity contribution in [1.29, 1.82) is 0 Å². The molecule has 0 aliphatic rings. The summed E-state index contributed by atoms with van der Waals surface area (Å²) in [6.07, 6.45) is 2.14. The van der Waals surface area contributed by atoms with Gasteiger partial charge in [0.05, 0.1) is 5.37 Å². The lowest BCUT2D eigenvalue weighted by Crippen LogP contribution is -2.19. The Bertz CT molecular complexity index is 1030. The molecule has 0 heterocycles. The van der Waals surface area contributed by atoms with Crippen LogP contribution in [0.15, 0.2) is 71.6 Å². The van der Waals surface area contributed by atoms with Gasteiger partial charge in [-0.05, 0) is 65.8 Å². The number of benzene rings is 3. The van der Waals surface area contributed by atoms with E-state index in [0.717, 1.165) is 41.0 Å². The SMILES string of the molecule is CCCC(Nc1ccc(Nc2ccccc2)cc1)Sc1cc(C(C)(C)C)c(O)c(C(C)(C)C)c1. The second kappa shape index (κ2) is 10.8. The van der Waals surface area contributed by atoms with Crippen LogP contribution in [0.1, 0.15) is 72.4 Å². The molecule has 3 aromatic rings. The van der Waals surface area contributed by atoms with Gasteiger partial charge in [-0.2, -0.15) is 0 Å². The second-order valence-corrected chi connectivity index (χ2v) is 12.3. The van der Waals surface area contributed by atoms with Crippen molar-refractivity contribution in [2.75, 3.05) is 10.6 Å². The average Bonchev–Trinajstić information content (AvgIpc) is 2.75. The zero-order valence-electron chi connectivity index (χ0n) is 21.7. The van der Waals surface area contributed by atoms with Crippen LogP contribution in [0.3, 0.4) is 0 Å². The Morgan fingerprint density at radius 1 is 0.765 bits per heavy atom. The van der Waals surface area contributed by atoms with Crippen LogP contribution in [0.25, 0.3) is 0 Å². The highest BCUT2D eigenvalue weighted by Crippen LogP contribution is 2.42. The molecule has 0 radical (unpaired) electrons. The topological polar surface area (TPSA) is 44.3 Å².